The van der Waals surface area contributed by atoms with Crippen molar-refractivity contribution in [2.45, 2.75) is 19.6 Å². The van der Waals surface area contributed by atoms with Crippen molar-refractivity contribution in [1.29, 1.82) is 0 Å². The standard InChI is InChI=1S/C31H29F4N7OS/c1-19-6-9-22(15-24(19)38-30-39-25(18-44-30)26-16-36-28-5-3-4-27(32)42(26)28)37-29(43)20-7-8-21(23(14-20)31(33,34)35)17-41-12-10-40(2)11-13-41/h3-9,14-16,18H,10-13,17H2,1-2H3,(H,37,43)(H,38,39). The number of rotatable bonds is 7. The van der Waals surface area contributed by atoms with Crippen LogP contribution in [0.25, 0.3) is 17.0 Å². The predicted molar refractivity (Wildman–Crippen MR) is 163 cm³/mol. The Morgan fingerprint density at radius 3 is 2.61 bits per heavy atom. The van der Waals surface area contributed by atoms with Crippen molar-refractivity contribution in [1.82, 2.24) is 24.2 Å². The fourth-order valence-electron chi connectivity index (χ4n) is 5.15. The molecule has 1 aliphatic heterocycles. The summed E-state index contributed by atoms with van der Waals surface area (Å²) in [6.07, 6.45) is -3.04. The van der Waals surface area contributed by atoms with E-state index in [1.54, 1.807) is 41.9 Å². The fourth-order valence-corrected chi connectivity index (χ4v) is 5.86. The minimum Gasteiger partial charge on any atom is -0.331 e. The van der Waals surface area contributed by atoms with Crippen LogP contribution < -0.4 is 10.6 Å². The van der Waals surface area contributed by atoms with Gasteiger partial charge in [-0.1, -0.05) is 18.2 Å². The molecular formula is C31H29F4N7OS. The molecule has 4 heterocycles. The van der Waals surface area contributed by atoms with Crippen molar-refractivity contribution < 1.29 is 22.4 Å². The first kappa shape index (κ1) is 29.7. The molecule has 0 saturated carbocycles. The molecule has 0 bridgehead atoms. The largest absolute Gasteiger partial charge is 0.416 e. The summed E-state index contributed by atoms with van der Waals surface area (Å²) in [6.45, 7) is 4.99. The number of alkyl halides is 3. The molecule has 44 heavy (non-hydrogen) atoms. The molecule has 0 spiro atoms. The third-order valence-electron chi connectivity index (χ3n) is 7.65. The van der Waals surface area contributed by atoms with E-state index in [9.17, 15) is 22.4 Å². The van der Waals surface area contributed by atoms with Crippen molar-refractivity contribution in [3.63, 3.8) is 0 Å². The van der Waals surface area contributed by atoms with E-state index >= 15 is 0 Å². The van der Waals surface area contributed by atoms with E-state index in [2.05, 4.69) is 25.5 Å². The Bertz CT molecular complexity index is 1830. The minimum absolute atomic E-state index is 0.0839. The number of aromatic nitrogens is 3. The zero-order chi connectivity index (χ0) is 31.0. The molecule has 0 aliphatic carbocycles. The number of amides is 1. The van der Waals surface area contributed by atoms with Gasteiger partial charge in [-0.25, -0.2) is 9.97 Å². The van der Waals surface area contributed by atoms with Crippen molar-refractivity contribution >= 4 is 39.4 Å². The van der Waals surface area contributed by atoms with Gasteiger partial charge < -0.3 is 15.5 Å². The first-order valence-electron chi connectivity index (χ1n) is 13.9. The van der Waals surface area contributed by atoms with E-state index in [0.717, 1.165) is 24.7 Å². The zero-order valence-electron chi connectivity index (χ0n) is 24.0. The summed E-state index contributed by atoms with van der Waals surface area (Å²) in [6, 6.07) is 13.5. The van der Waals surface area contributed by atoms with E-state index in [1.807, 2.05) is 18.9 Å². The fraction of sp³-hybridized carbons (Fsp3) is 0.258. The van der Waals surface area contributed by atoms with Crippen molar-refractivity contribution in [2.24, 2.45) is 0 Å². The number of carbonyl (C=O) groups is 1. The van der Waals surface area contributed by atoms with Gasteiger partial charge in [-0.3, -0.25) is 14.1 Å². The predicted octanol–water partition coefficient (Wildman–Crippen LogP) is 6.67. The van der Waals surface area contributed by atoms with Crippen molar-refractivity contribution in [2.75, 3.05) is 43.9 Å². The van der Waals surface area contributed by atoms with Crippen LogP contribution in [0.15, 0.2) is 66.2 Å². The number of aryl methyl sites for hydroxylation is 1. The highest BCUT2D eigenvalue weighted by atomic mass is 32.1. The number of piperazine rings is 1. The molecule has 228 valence electrons. The lowest BCUT2D eigenvalue weighted by atomic mass is 10.0. The Balaban J connectivity index is 1.18. The summed E-state index contributed by atoms with van der Waals surface area (Å²) in [7, 11) is 1.99. The van der Waals surface area contributed by atoms with Gasteiger partial charge in [0, 0.05) is 55.0 Å². The second kappa shape index (κ2) is 12.0. The SMILES string of the molecule is Cc1ccc(NC(=O)c2ccc(CN3CCN(C)CC3)c(C(F)(F)F)c2)cc1Nc1nc(-c2cnc3cccc(F)n23)cs1. The second-order valence-electron chi connectivity index (χ2n) is 10.8. The highest BCUT2D eigenvalue weighted by Crippen LogP contribution is 2.34. The maximum absolute atomic E-state index is 14.4. The second-order valence-corrected chi connectivity index (χ2v) is 11.6. The van der Waals surface area contributed by atoms with Gasteiger partial charge in [0.2, 0.25) is 0 Å². The molecule has 3 aromatic heterocycles. The van der Waals surface area contributed by atoms with Crippen molar-refractivity contribution in [3.8, 4) is 11.4 Å². The van der Waals surface area contributed by atoms with Crippen molar-refractivity contribution in [3.05, 3.63) is 94.4 Å². The molecule has 1 aliphatic rings. The van der Waals surface area contributed by atoms with Gasteiger partial charge in [0.15, 0.2) is 11.1 Å². The molecule has 8 nitrogen and oxygen atoms in total. The van der Waals surface area contributed by atoms with Crippen LogP contribution >= 0.6 is 11.3 Å². The summed E-state index contributed by atoms with van der Waals surface area (Å²) in [5, 5.41) is 8.26. The minimum atomic E-state index is -4.60. The molecule has 13 heteroatoms. The van der Waals surface area contributed by atoms with Gasteiger partial charge in [0.1, 0.15) is 11.3 Å². The number of nitrogens with one attached hydrogen (secondary N) is 2. The van der Waals surface area contributed by atoms with Gasteiger partial charge >= 0.3 is 6.18 Å². The van der Waals surface area contributed by atoms with Gasteiger partial charge in [0.25, 0.3) is 5.91 Å². The Morgan fingerprint density at radius 2 is 1.84 bits per heavy atom. The first-order valence-corrected chi connectivity index (χ1v) is 14.8. The van der Waals surface area contributed by atoms with Crippen LogP contribution in [-0.4, -0.2) is 63.3 Å². The topological polar surface area (TPSA) is 77.8 Å². The maximum atomic E-state index is 14.4. The van der Waals surface area contributed by atoms with E-state index in [4.69, 9.17) is 0 Å². The molecule has 6 rings (SSSR count). The van der Waals surface area contributed by atoms with Crippen LogP contribution in [0.5, 0.6) is 0 Å². The molecule has 5 aromatic rings. The van der Waals surface area contributed by atoms with E-state index in [0.29, 0.717) is 46.6 Å². The number of nitrogens with zero attached hydrogens (tertiary/aromatic N) is 5. The number of hydrogen-bond acceptors (Lipinski definition) is 7. The molecular weight excluding hydrogens is 594 g/mol. The molecule has 0 unspecified atom stereocenters. The summed E-state index contributed by atoms with van der Waals surface area (Å²) in [4.78, 5) is 26.0. The van der Waals surface area contributed by atoms with E-state index < -0.39 is 23.6 Å². The number of benzene rings is 2. The Morgan fingerprint density at radius 1 is 1.05 bits per heavy atom. The summed E-state index contributed by atoms with van der Waals surface area (Å²) in [5.74, 6) is -1.11. The lowest BCUT2D eigenvalue weighted by Crippen LogP contribution is -2.44. The number of halogens is 4. The summed E-state index contributed by atoms with van der Waals surface area (Å²) < 4.78 is 57.9. The number of imidazole rings is 1. The quantitative estimate of drug-likeness (QED) is 0.156. The molecule has 2 aromatic carbocycles. The number of hydrogen-bond donors (Lipinski definition) is 2. The Hall–Kier alpha value is -4.33. The lowest BCUT2D eigenvalue weighted by molar-refractivity contribution is -0.138. The number of carbonyl (C=O) groups excluding carboxylic acids is 1. The average molecular weight is 624 g/mol. The third kappa shape index (κ3) is 6.30. The number of thiazole rings is 1. The van der Waals surface area contributed by atoms with E-state index in [-0.39, 0.29) is 17.7 Å². The molecule has 2 N–H and O–H groups in total. The lowest BCUT2D eigenvalue weighted by Gasteiger charge is -2.33. The molecule has 1 amide bonds. The zero-order valence-corrected chi connectivity index (χ0v) is 24.8. The third-order valence-corrected chi connectivity index (χ3v) is 8.41. The Labute approximate surface area is 255 Å². The van der Waals surface area contributed by atoms with Crippen LogP contribution in [0.1, 0.15) is 27.0 Å². The van der Waals surface area contributed by atoms with Crippen LogP contribution in [0.4, 0.5) is 34.1 Å². The Kier molecular flexibility index (Phi) is 8.10. The van der Waals surface area contributed by atoms with Gasteiger partial charge in [0.05, 0.1) is 17.5 Å². The maximum Gasteiger partial charge on any atom is 0.416 e. The summed E-state index contributed by atoms with van der Waals surface area (Å²) in [5.41, 5.74) is 2.67. The number of anilines is 3. The molecule has 1 saturated heterocycles. The van der Waals surface area contributed by atoms with Crippen LogP contribution in [0.2, 0.25) is 0 Å². The summed E-state index contributed by atoms with van der Waals surface area (Å²) >= 11 is 1.31. The molecule has 0 atom stereocenters. The van der Waals surface area contributed by atoms with Gasteiger partial charge in [-0.15, -0.1) is 11.3 Å². The smallest absolute Gasteiger partial charge is 0.331 e. The normalized spacial score (nSPS) is 14.7. The first-order chi connectivity index (χ1) is 21.0. The van der Waals surface area contributed by atoms with Crippen LogP contribution in [0.3, 0.4) is 0 Å². The monoisotopic (exact) mass is 623 g/mol. The van der Waals surface area contributed by atoms with Crippen LogP contribution in [0, 0.1) is 12.9 Å². The van der Waals surface area contributed by atoms with Gasteiger partial charge in [-0.05, 0) is 61.5 Å². The van der Waals surface area contributed by atoms with Crippen LogP contribution in [-0.2, 0) is 12.7 Å². The van der Waals surface area contributed by atoms with E-state index in [1.165, 1.54) is 33.9 Å². The van der Waals surface area contributed by atoms with Gasteiger partial charge in [-0.2, -0.15) is 17.6 Å². The average Bonchev–Trinajstić information content (AvgIpc) is 3.63. The molecule has 1 fully saturated rings. The number of pyridine rings is 1. The molecule has 0 radical (unpaired) electrons. The highest BCUT2D eigenvalue weighted by molar-refractivity contribution is 7.14. The highest BCUT2D eigenvalue weighted by Gasteiger charge is 2.34. The number of fused-ring (bicyclic) bond motifs is 1. The number of likely N-dealkylation sites (N-methyl/N-ethyl adjacent to an activating group) is 1.